The highest BCUT2D eigenvalue weighted by Crippen LogP contribution is 2.36. The van der Waals surface area contributed by atoms with Gasteiger partial charge < -0.3 is 14.8 Å². The number of urea groups is 1. The molecule has 142 valence electrons. The van der Waals surface area contributed by atoms with Crippen LogP contribution in [-0.4, -0.2) is 25.2 Å². The predicted octanol–water partition coefficient (Wildman–Crippen LogP) is 4.09. The summed E-state index contributed by atoms with van der Waals surface area (Å²) in [6, 6.07) is 6.23. The number of benzene rings is 2. The number of imide groups is 1. The summed E-state index contributed by atoms with van der Waals surface area (Å²) >= 11 is 5.52. The average molecular weight is 401 g/mol. The molecular weight excluding hydrogens is 389 g/mol. The molecular formula is C17H12ClF3N2O4. The zero-order valence-corrected chi connectivity index (χ0v) is 14.3. The van der Waals surface area contributed by atoms with Crippen LogP contribution < -0.4 is 20.1 Å². The second-order valence-corrected chi connectivity index (χ2v) is 5.87. The summed E-state index contributed by atoms with van der Waals surface area (Å²) in [6.45, 7) is 0.721. The van der Waals surface area contributed by atoms with Crippen molar-refractivity contribution in [3.63, 3.8) is 0 Å². The van der Waals surface area contributed by atoms with Crippen molar-refractivity contribution in [1.82, 2.24) is 5.32 Å². The molecule has 0 aliphatic carbocycles. The Bertz CT molecular complexity index is 902. The number of halogens is 4. The summed E-state index contributed by atoms with van der Waals surface area (Å²) in [7, 11) is 0. The van der Waals surface area contributed by atoms with Crippen LogP contribution in [0.1, 0.15) is 15.9 Å². The van der Waals surface area contributed by atoms with E-state index in [0.29, 0.717) is 30.8 Å². The number of ether oxygens (including phenoxy) is 2. The molecule has 2 N–H and O–H groups in total. The van der Waals surface area contributed by atoms with Crippen molar-refractivity contribution < 1.29 is 32.2 Å². The van der Waals surface area contributed by atoms with Crippen LogP contribution in [0.25, 0.3) is 0 Å². The highest BCUT2D eigenvalue weighted by atomic mass is 35.5. The van der Waals surface area contributed by atoms with E-state index in [1.807, 2.05) is 5.32 Å². The Morgan fingerprint density at radius 1 is 1.00 bits per heavy atom. The molecule has 0 fully saturated rings. The summed E-state index contributed by atoms with van der Waals surface area (Å²) in [4.78, 5) is 24.1. The Labute approximate surface area is 156 Å². The molecule has 0 unspecified atom stereocenters. The number of nitrogens with one attached hydrogen (secondary N) is 2. The van der Waals surface area contributed by atoms with Crippen molar-refractivity contribution in [3.8, 4) is 11.5 Å². The Hall–Kier alpha value is -2.94. The molecule has 1 aliphatic rings. The van der Waals surface area contributed by atoms with Crippen molar-refractivity contribution >= 4 is 29.2 Å². The topological polar surface area (TPSA) is 76.7 Å². The fourth-order valence-corrected chi connectivity index (χ4v) is 2.57. The molecule has 6 nitrogen and oxygen atoms in total. The molecule has 2 aromatic carbocycles. The molecule has 0 saturated carbocycles. The first-order chi connectivity index (χ1) is 12.7. The number of fused-ring (bicyclic) bond motifs is 1. The number of alkyl halides is 3. The molecule has 1 heterocycles. The van der Waals surface area contributed by atoms with Gasteiger partial charge in [0.15, 0.2) is 11.5 Å². The monoisotopic (exact) mass is 400 g/mol. The maximum atomic E-state index is 12.8. The number of hydrogen-bond donors (Lipinski definition) is 2. The van der Waals surface area contributed by atoms with E-state index in [4.69, 9.17) is 21.1 Å². The van der Waals surface area contributed by atoms with Crippen LogP contribution >= 0.6 is 11.6 Å². The fourth-order valence-electron chi connectivity index (χ4n) is 2.34. The number of amides is 3. The van der Waals surface area contributed by atoms with Gasteiger partial charge in [-0.15, -0.1) is 0 Å². The summed E-state index contributed by atoms with van der Waals surface area (Å²) in [6.07, 6.45) is -4.67. The minimum atomic E-state index is -4.67. The summed E-state index contributed by atoms with van der Waals surface area (Å²) in [5.74, 6) is 0.0828. The van der Waals surface area contributed by atoms with Gasteiger partial charge in [-0.05, 0) is 36.4 Å². The van der Waals surface area contributed by atoms with E-state index in [9.17, 15) is 22.8 Å². The van der Waals surface area contributed by atoms with Crippen LogP contribution in [0.2, 0.25) is 5.02 Å². The van der Waals surface area contributed by atoms with E-state index in [1.165, 1.54) is 24.3 Å². The smallest absolute Gasteiger partial charge is 0.417 e. The van der Waals surface area contributed by atoms with E-state index in [2.05, 4.69) is 5.32 Å². The molecule has 0 spiro atoms. The zero-order chi connectivity index (χ0) is 19.6. The van der Waals surface area contributed by atoms with Crippen LogP contribution in [0.15, 0.2) is 36.4 Å². The van der Waals surface area contributed by atoms with Crippen molar-refractivity contribution in [2.45, 2.75) is 6.18 Å². The Balaban J connectivity index is 1.68. The van der Waals surface area contributed by atoms with Gasteiger partial charge in [0.05, 0.1) is 10.6 Å². The first-order valence-corrected chi connectivity index (χ1v) is 8.00. The quantitative estimate of drug-likeness (QED) is 0.796. The number of hydrogen-bond acceptors (Lipinski definition) is 4. The zero-order valence-electron chi connectivity index (χ0n) is 13.5. The third-order valence-corrected chi connectivity index (χ3v) is 3.89. The number of carbonyl (C=O) groups excluding carboxylic acids is 2. The summed E-state index contributed by atoms with van der Waals surface area (Å²) in [5, 5.41) is 3.68. The van der Waals surface area contributed by atoms with Gasteiger partial charge >= 0.3 is 12.2 Å². The van der Waals surface area contributed by atoms with Crippen LogP contribution in [-0.2, 0) is 6.18 Å². The molecule has 27 heavy (non-hydrogen) atoms. The van der Waals surface area contributed by atoms with E-state index < -0.39 is 28.7 Å². The molecule has 3 rings (SSSR count). The van der Waals surface area contributed by atoms with Gasteiger partial charge in [0.2, 0.25) is 0 Å². The molecule has 10 heteroatoms. The molecule has 0 aromatic heterocycles. The fraction of sp³-hybridized carbons (Fsp3) is 0.176. The lowest BCUT2D eigenvalue weighted by atomic mass is 10.2. The number of rotatable bonds is 2. The second kappa shape index (κ2) is 7.36. The normalized spacial score (nSPS) is 13.0. The van der Waals surface area contributed by atoms with Crippen molar-refractivity contribution in [2.75, 3.05) is 18.5 Å². The summed E-state index contributed by atoms with van der Waals surface area (Å²) < 4.78 is 49.2. The highest BCUT2D eigenvalue weighted by molar-refractivity contribution is 6.31. The molecule has 0 bridgehead atoms. The van der Waals surface area contributed by atoms with E-state index in [1.54, 1.807) is 0 Å². The van der Waals surface area contributed by atoms with Gasteiger partial charge in [0, 0.05) is 11.3 Å². The van der Waals surface area contributed by atoms with Crippen LogP contribution in [0.5, 0.6) is 11.5 Å². The molecule has 3 amide bonds. The van der Waals surface area contributed by atoms with E-state index in [0.717, 1.165) is 6.07 Å². The number of anilines is 1. The van der Waals surface area contributed by atoms with Crippen molar-refractivity contribution in [3.05, 3.63) is 52.5 Å². The second-order valence-electron chi connectivity index (χ2n) is 5.46. The van der Waals surface area contributed by atoms with Gasteiger partial charge in [0.25, 0.3) is 5.91 Å². The van der Waals surface area contributed by atoms with Crippen LogP contribution in [0.3, 0.4) is 0 Å². The van der Waals surface area contributed by atoms with E-state index >= 15 is 0 Å². The van der Waals surface area contributed by atoms with Gasteiger partial charge in [0.1, 0.15) is 13.2 Å². The Morgan fingerprint density at radius 3 is 2.41 bits per heavy atom. The first-order valence-electron chi connectivity index (χ1n) is 7.63. The van der Waals surface area contributed by atoms with Crippen molar-refractivity contribution in [2.24, 2.45) is 0 Å². The molecule has 2 aromatic rings. The SMILES string of the molecule is O=C(NC(=O)c1ccc2c(c1)OCCO2)Nc1ccc(Cl)c(C(F)(F)F)c1. The van der Waals surface area contributed by atoms with E-state index in [-0.39, 0.29) is 11.3 Å². The maximum absolute atomic E-state index is 12.8. The predicted molar refractivity (Wildman–Crippen MR) is 90.4 cm³/mol. The highest BCUT2D eigenvalue weighted by Gasteiger charge is 2.33. The first kappa shape index (κ1) is 18.8. The Morgan fingerprint density at radius 2 is 1.70 bits per heavy atom. The number of carbonyl (C=O) groups is 2. The average Bonchev–Trinajstić information content (AvgIpc) is 2.62. The van der Waals surface area contributed by atoms with Gasteiger partial charge in [-0.3, -0.25) is 10.1 Å². The third-order valence-electron chi connectivity index (χ3n) is 3.56. The van der Waals surface area contributed by atoms with Gasteiger partial charge in [-0.2, -0.15) is 13.2 Å². The molecule has 0 atom stereocenters. The maximum Gasteiger partial charge on any atom is 0.417 e. The lowest BCUT2D eigenvalue weighted by Crippen LogP contribution is -2.34. The van der Waals surface area contributed by atoms with Crippen LogP contribution in [0.4, 0.5) is 23.7 Å². The standard InChI is InChI=1S/C17H12ClF3N2O4/c18-12-3-2-10(8-11(12)17(19,20)21)22-16(25)23-15(24)9-1-4-13-14(7-9)27-6-5-26-13/h1-4,7-8H,5-6H2,(H2,22,23,24,25). The molecule has 0 saturated heterocycles. The van der Waals surface area contributed by atoms with Gasteiger partial charge in [-0.25, -0.2) is 4.79 Å². The Kier molecular flexibility index (Phi) is 5.13. The third kappa shape index (κ3) is 4.43. The minimum Gasteiger partial charge on any atom is -0.486 e. The van der Waals surface area contributed by atoms with Crippen molar-refractivity contribution in [1.29, 1.82) is 0 Å². The lowest BCUT2D eigenvalue weighted by Gasteiger charge is -2.18. The minimum absolute atomic E-state index is 0.126. The molecule has 0 radical (unpaired) electrons. The largest absolute Gasteiger partial charge is 0.486 e. The van der Waals surface area contributed by atoms with Crippen LogP contribution in [0, 0.1) is 0 Å². The summed E-state index contributed by atoms with van der Waals surface area (Å²) in [5.41, 5.74) is -1.14. The van der Waals surface area contributed by atoms with Gasteiger partial charge in [-0.1, -0.05) is 11.6 Å². The molecule has 1 aliphatic heterocycles. The lowest BCUT2D eigenvalue weighted by molar-refractivity contribution is -0.137.